The van der Waals surface area contributed by atoms with Gasteiger partial charge in [-0.05, 0) is 25.7 Å². The summed E-state index contributed by atoms with van der Waals surface area (Å²) in [7, 11) is -2.99. The molecule has 0 radical (unpaired) electrons. The monoisotopic (exact) mass is 219 g/mol. The second-order valence-electron chi connectivity index (χ2n) is 4.24. The van der Waals surface area contributed by atoms with Gasteiger partial charge in [-0.2, -0.15) is 11.8 Å². The van der Waals surface area contributed by atoms with Crippen molar-refractivity contribution < 1.29 is 8.42 Å². The molecule has 0 aliphatic carbocycles. The van der Waals surface area contributed by atoms with Gasteiger partial charge in [0.05, 0.1) is 0 Å². The van der Waals surface area contributed by atoms with Gasteiger partial charge >= 0.3 is 0 Å². The molecule has 13 heavy (non-hydrogen) atoms. The van der Waals surface area contributed by atoms with Gasteiger partial charge in [-0.1, -0.05) is 0 Å². The van der Waals surface area contributed by atoms with Gasteiger partial charge in [0, 0.05) is 17.0 Å². The lowest BCUT2D eigenvalue weighted by molar-refractivity contribution is 0.425. The SMILES string of the molecule is O=S1(=O)NCCC12CC1CCC2S1. The molecule has 3 saturated heterocycles. The van der Waals surface area contributed by atoms with E-state index in [4.69, 9.17) is 0 Å². The number of hydrogen-bond acceptors (Lipinski definition) is 3. The van der Waals surface area contributed by atoms with Crippen molar-refractivity contribution in [3.05, 3.63) is 0 Å². The Labute approximate surface area is 82.7 Å². The summed E-state index contributed by atoms with van der Waals surface area (Å²) >= 11 is 1.91. The summed E-state index contributed by atoms with van der Waals surface area (Å²) in [6, 6.07) is 0. The minimum absolute atomic E-state index is 0.374. The Morgan fingerprint density at radius 2 is 2.23 bits per heavy atom. The minimum atomic E-state index is -2.99. The molecule has 3 aliphatic rings. The summed E-state index contributed by atoms with van der Waals surface area (Å²) in [5.41, 5.74) is 0. The summed E-state index contributed by atoms with van der Waals surface area (Å²) in [6.07, 6.45) is 4.07. The van der Waals surface area contributed by atoms with Crippen LogP contribution in [0.2, 0.25) is 0 Å². The van der Waals surface area contributed by atoms with Gasteiger partial charge in [-0.25, -0.2) is 13.1 Å². The number of nitrogens with one attached hydrogen (secondary N) is 1. The van der Waals surface area contributed by atoms with Gasteiger partial charge in [-0.15, -0.1) is 0 Å². The van der Waals surface area contributed by atoms with Crippen LogP contribution < -0.4 is 4.72 Å². The Hall–Kier alpha value is 0.260. The largest absolute Gasteiger partial charge is 0.218 e. The second kappa shape index (κ2) is 2.44. The summed E-state index contributed by atoms with van der Waals surface area (Å²) in [5.74, 6) is 0. The standard InChI is InChI=1S/C8H13NO2S2/c10-13(11)8(3-4-9-13)5-6-1-2-7(8)12-6/h6-7,9H,1-5H2. The van der Waals surface area contributed by atoms with Crippen molar-refractivity contribution in [1.82, 2.24) is 4.72 Å². The van der Waals surface area contributed by atoms with E-state index in [9.17, 15) is 8.42 Å². The number of sulfonamides is 1. The van der Waals surface area contributed by atoms with Crippen molar-refractivity contribution in [2.24, 2.45) is 0 Å². The molecule has 0 aromatic rings. The van der Waals surface area contributed by atoms with Gasteiger partial charge in [-0.3, -0.25) is 0 Å². The highest BCUT2D eigenvalue weighted by molar-refractivity contribution is 8.03. The van der Waals surface area contributed by atoms with E-state index in [-0.39, 0.29) is 4.75 Å². The van der Waals surface area contributed by atoms with E-state index in [1.807, 2.05) is 11.8 Å². The molecule has 3 atom stereocenters. The molecule has 1 spiro atoms. The van der Waals surface area contributed by atoms with Crippen molar-refractivity contribution in [3.8, 4) is 0 Å². The third-order valence-electron chi connectivity index (χ3n) is 3.64. The third-order valence-corrected chi connectivity index (χ3v) is 7.90. The Balaban J connectivity index is 2.07. The van der Waals surface area contributed by atoms with E-state index in [2.05, 4.69) is 4.72 Å². The Morgan fingerprint density at radius 1 is 1.38 bits per heavy atom. The van der Waals surface area contributed by atoms with Crippen LogP contribution >= 0.6 is 11.8 Å². The number of thioether (sulfide) groups is 1. The molecule has 2 bridgehead atoms. The van der Waals surface area contributed by atoms with Crippen molar-refractivity contribution >= 4 is 21.8 Å². The minimum Gasteiger partial charge on any atom is -0.215 e. The average molecular weight is 219 g/mol. The maximum Gasteiger partial charge on any atom is 0.218 e. The first-order valence-electron chi connectivity index (χ1n) is 4.79. The van der Waals surface area contributed by atoms with E-state index in [1.54, 1.807) is 0 Å². The van der Waals surface area contributed by atoms with Crippen molar-refractivity contribution in [2.75, 3.05) is 6.54 Å². The highest BCUT2D eigenvalue weighted by Crippen LogP contribution is 2.57. The summed E-state index contributed by atoms with van der Waals surface area (Å²) in [4.78, 5) is 0. The lowest BCUT2D eigenvalue weighted by atomic mass is 9.86. The molecule has 74 valence electrons. The summed E-state index contributed by atoms with van der Waals surface area (Å²) < 4.78 is 26.0. The van der Waals surface area contributed by atoms with E-state index < -0.39 is 10.0 Å². The fourth-order valence-corrected chi connectivity index (χ4v) is 7.41. The van der Waals surface area contributed by atoms with Crippen LogP contribution in [0.3, 0.4) is 0 Å². The maximum absolute atomic E-state index is 11.9. The molecule has 3 aliphatic heterocycles. The molecule has 3 unspecified atom stereocenters. The molecular formula is C8H13NO2S2. The van der Waals surface area contributed by atoms with Crippen LogP contribution in [0.1, 0.15) is 25.7 Å². The molecule has 3 nitrogen and oxygen atoms in total. The fraction of sp³-hybridized carbons (Fsp3) is 1.00. The lowest BCUT2D eigenvalue weighted by Gasteiger charge is -2.29. The second-order valence-corrected chi connectivity index (χ2v) is 7.86. The first-order valence-corrected chi connectivity index (χ1v) is 7.21. The van der Waals surface area contributed by atoms with E-state index in [0.717, 1.165) is 19.3 Å². The molecule has 3 heterocycles. The Kier molecular flexibility index (Phi) is 1.60. The van der Waals surface area contributed by atoms with Gasteiger partial charge in [0.1, 0.15) is 4.75 Å². The Morgan fingerprint density at radius 3 is 2.69 bits per heavy atom. The normalized spacial score (nSPS) is 52.0. The van der Waals surface area contributed by atoms with Crippen LogP contribution in [-0.4, -0.2) is 30.2 Å². The molecular weight excluding hydrogens is 206 g/mol. The van der Waals surface area contributed by atoms with Crippen LogP contribution in [0.4, 0.5) is 0 Å². The summed E-state index contributed by atoms with van der Waals surface area (Å²) in [6.45, 7) is 0.659. The maximum atomic E-state index is 11.9. The zero-order valence-electron chi connectivity index (χ0n) is 7.32. The number of fused-ring (bicyclic) bond motifs is 3. The van der Waals surface area contributed by atoms with Crippen molar-refractivity contribution in [2.45, 2.75) is 40.9 Å². The van der Waals surface area contributed by atoms with Gasteiger partial charge in [0.25, 0.3) is 0 Å². The van der Waals surface area contributed by atoms with E-state index >= 15 is 0 Å². The Bertz CT molecular complexity index is 340. The topological polar surface area (TPSA) is 46.2 Å². The molecule has 1 N–H and O–H groups in total. The fourth-order valence-electron chi connectivity index (χ4n) is 2.98. The number of hydrogen-bond donors (Lipinski definition) is 1. The highest BCUT2D eigenvalue weighted by Gasteiger charge is 2.61. The molecule has 3 fully saturated rings. The van der Waals surface area contributed by atoms with Crippen molar-refractivity contribution in [1.29, 1.82) is 0 Å². The first-order chi connectivity index (χ1) is 6.14. The van der Waals surface area contributed by atoms with E-state index in [0.29, 0.717) is 17.0 Å². The molecule has 5 heteroatoms. The van der Waals surface area contributed by atoms with Crippen LogP contribution in [0, 0.1) is 0 Å². The first kappa shape index (κ1) is 8.56. The zero-order chi connectivity index (χ0) is 9.10. The predicted octanol–water partition coefficient (Wildman–Crippen LogP) is 0.716. The molecule has 0 saturated carbocycles. The zero-order valence-corrected chi connectivity index (χ0v) is 8.96. The van der Waals surface area contributed by atoms with Crippen LogP contribution in [0.15, 0.2) is 0 Å². The predicted molar refractivity (Wildman–Crippen MR) is 53.3 cm³/mol. The highest BCUT2D eigenvalue weighted by atomic mass is 32.2. The average Bonchev–Trinajstić information content (AvgIpc) is 2.68. The third kappa shape index (κ3) is 0.930. The van der Waals surface area contributed by atoms with Gasteiger partial charge in [0.15, 0.2) is 0 Å². The van der Waals surface area contributed by atoms with Crippen LogP contribution in [0.5, 0.6) is 0 Å². The van der Waals surface area contributed by atoms with E-state index in [1.165, 1.54) is 6.42 Å². The lowest BCUT2D eigenvalue weighted by Crippen LogP contribution is -2.45. The van der Waals surface area contributed by atoms with Crippen LogP contribution in [-0.2, 0) is 10.0 Å². The molecule has 0 aromatic heterocycles. The molecule has 0 aromatic carbocycles. The molecule has 0 amide bonds. The van der Waals surface area contributed by atoms with Gasteiger partial charge < -0.3 is 0 Å². The van der Waals surface area contributed by atoms with Crippen LogP contribution in [0.25, 0.3) is 0 Å². The quantitative estimate of drug-likeness (QED) is 0.653. The number of rotatable bonds is 0. The van der Waals surface area contributed by atoms with Gasteiger partial charge in [0.2, 0.25) is 10.0 Å². The summed E-state index contributed by atoms with van der Waals surface area (Å²) in [5, 5.41) is 1.01. The molecule has 3 rings (SSSR count). The smallest absolute Gasteiger partial charge is 0.215 e. The van der Waals surface area contributed by atoms with Crippen molar-refractivity contribution in [3.63, 3.8) is 0 Å².